The minimum absolute atomic E-state index is 0.00409. The van der Waals surface area contributed by atoms with E-state index in [0.717, 1.165) is 22.4 Å². The molecule has 0 radical (unpaired) electrons. The molecule has 5 atom stereocenters. The molecular weight excluding hydrogens is 596 g/mol. The van der Waals surface area contributed by atoms with Crippen LogP contribution in [0.25, 0.3) is 0 Å². The second-order valence-corrected chi connectivity index (χ2v) is 19.8. The van der Waals surface area contributed by atoms with E-state index in [2.05, 4.69) is 58.9 Å². The van der Waals surface area contributed by atoms with Gasteiger partial charge >= 0.3 is 12.1 Å². The van der Waals surface area contributed by atoms with Gasteiger partial charge in [0, 0.05) is 5.41 Å². The van der Waals surface area contributed by atoms with E-state index in [4.69, 9.17) is 18.6 Å². The van der Waals surface area contributed by atoms with Crippen molar-refractivity contribution in [1.82, 2.24) is 0 Å². The highest BCUT2D eigenvalue weighted by atomic mass is 28.4. The molecule has 2 aromatic carbocycles. The topological polar surface area (TPSA) is 88.1 Å². The summed E-state index contributed by atoms with van der Waals surface area (Å²) in [7, 11) is -1.57. The van der Waals surface area contributed by atoms with Crippen molar-refractivity contribution in [2.45, 2.75) is 96.8 Å². The molecule has 3 aliphatic carbocycles. The smallest absolute Gasteiger partial charge is 0.468 e. The monoisotopic (exact) mass is 644 g/mol. The van der Waals surface area contributed by atoms with E-state index in [-0.39, 0.29) is 41.7 Å². The number of hydrogen-bond acceptors (Lipinski definition) is 7. The fourth-order valence-corrected chi connectivity index (χ4v) is 13.9. The maximum absolute atomic E-state index is 14.7. The number of hydrogen-bond donors (Lipinski definition) is 0. The molecule has 8 heteroatoms. The summed E-state index contributed by atoms with van der Waals surface area (Å²) in [6, 6.07) is 20.6. The third-order valence-corrected chi connectivity index (χ3v) is 16.7. The van der Waals surface area contributed by atoms with E-state index in [1.165, 1.54) is 12.7 Å². The van der Waals surface area contributed by atoms with Crippen molar-refractivity contribution in [2.75, 3.05) is 13.7 Å². The molecule has 0 bridgehead atoms. The molecule has 1 saturated heterocycles. The molecule has 0 spiro atoms. The summed E-state index contributed by atoms with van der Waals surface area (Å²) < 4.78 is 24.9. The van der Waals surface area contributed by atoms with Gasteiger partial charge in [-0.3, -0.25) is 9.59 Å². The Morgan fingerprint density at radius 3 is 2.13 bits per heavy atom. The number of Topliss-reactive ketones (excluding diaryl/α,β-unsaturated/α-hetero) is 1. The van der Waals surface area contributed by atoms with Crippen molar-refractivity contribution in [3.8, 4) is 0 Å². The maximum Gasteiger partial charge on any atom is 0.509 e. The number of rotatable bonds is 7. The van der Waals surface area contributed by atoms with Crippen LogP contribution in [0, 0.1) is 22.7 Å². The van der Waals surface area contributed by atoms with Crippen molar-refractivity contribution < 1.29 is 33.0 Å². The Labute approximate surface area is 274 Å². The molecule has 246 valence electrons. The number of ether oxygens (including phenoxy) is 3. The lowest BCUT2D eigenvalue weighted by atomic mass is 9.54. The molecule has 4 aliphatic rings. The van der Waals surface area contributed by atoms with Crippen molar-refractivity contribution in [3.05, 3.63) is 71.8 Å². The summed E-state index contributed by atoms with van der Waals surface area (Å²) in [6.45, 7) is 13.0. The van der Waals surface area contributed by atoms with Crippen molar-refractivity contribution in [3.63, 3.8) is 0 Å². The summed E-state index contributed by atoms with van der Waals surface area (Å²) in [5, 5.41) is 1.90. The molecule has 7 nitrogen and oxygen atoms in total. The zero-order valence-electron chi connectivity index (χ0n) is 28.3. The van der Waals surface area contributed by atoms with Crippen LogP contribution in [0.3, 0.4) is 0 Å². The Morgan fingerprint density at radius 2 is 1.59 bits per heavy atom. The number of carbonyl (C=O) groups is 3. The lowest BCUT2D eigenvalue weighted by molar-refractivity contribution is -0.155. The third-order valence-electron chi connectivity index (χ3n) is 11.8. The van der Waals surface area contributed by atoms with Crippen LogP contribution in [-0.2, 0) is 28.2 Å². The van der Waals surface area contributed by atoms with Gasteiger partial charge in [-0.25, -0.2) is 4.79 Å². The van der Waals surface area contributed by atoms with E-state index in [1.807, 2.05) is 43.3 Å². The number of ketones is 1. The summed E-state index contributed by atoms with van der Waals surface area (Å²) >= 11 is 0. The third kappa shape index (κ3) is 4.81. The van der Waals surface area contributed by atoms with Gasteiger partial charge in [0.05, 0.1) is 25.6 Å². The lowest BCUT2D eigenvalue weighted by Gasteiger charge is -2.48. The molecule has 0 aromatic heterocycles. The highest BCUT2D eigenvalue weighted by Gasteiger charge is 2.66. The first-order valence-corrected chi connectivity index (χ1v) is 18.6. The molecule has 1 aliphatic heterocycles. The number of fused-ring (bicyclic) bond motifs is 4. The van der Waals surface area contributed by atoms with Gasteiger partial charge in [-0.1, -0.05) is 108 Å². The summed E-state index contributed by atoms with van der Waals surface area (Å²) in [5.41, 5.74) is -0.492. The van der Waals surface area contributed by atoms with Crippen LogP contribution in [0.4, 0.5) is 4.79 Å². The van der Waals surface area contributed by atoms with Gasteiger partial charge in [-0.2, -0.15) is 0 Å². The van der Waals surface area contributed by atoms with Gasteiger partial charge < -0.3 is 18.6 Å². The summed E-state index contributed by atoms with van der Waals surface area (Å²) in [4.78, 5) is 41.3. The lowest BCUT2D eigenvalue weighted by Crippen LogP contribution is -2.68. The normalized spacial score (nSPS) is 31.0. The zero-order chi connectivity index (χ0) is 33.1. The van der Waals surface area contributed by atoms with Gasteiger partial charge in [0.2, 0.25) is 0 Å². The number of benzene rings is 2. The summed E-state index contributed by atoms with van der Waals surface area (Å²) in [5.74, 6) is -0.252. The average Bonchev–Trinajstić information content (AvgIpc) is 3.55. The van der Waals surface area contributed by atoms with Gasteiger partial charge in [-0.15, -0.1) is 0 Å². The van der Waals surface area contributed by atoms with E-state index in [1.54, 1.807) is 0 Å². The predicted molar refractivity (Wildman–Crippen MR) is 178 cm³/mol. The van der Waals surface area contributed by atoms with Crippen LogP contribution in [0.2, 0.25) is 5.04 Å². The first-order chi connectivity index (χ1) is 21.7. The molecule has 0 unspecified atom stereocenters. The largest absolute Gasteiger partial charge is 0.509 e. The van der Waals surface area contributed by atoms with Gasteiger partial charge in [-0.05, 0) is 64.9 Å². The summed E-state index contributed by atoms with van der Waals surface area (Å²) in [6.07, 6.45) is 1.54. The SMILES string of the molecule is COC(=O)[C@]12CCC(C(C)C)=C1[C@H]1C[C@@H]3OC(=O)O[C@]3(CO[Si](c3ccccc3)(c3ccccc3)C(C)(C)C)CC(=O)[C@]1(C)CC2. The fraction of sp³-hybridized carbons (Fsp3) is 0.553. The molecule has 2 saturated carbocycles. The Bertz CT molecular complexity index is 1500. The van der Waals surface area contributed by atoms with Crippen LogP contribution >= 0.6 is 0 Å². The number of methoxy groups -OCH3 is 1. The van der Waals surface area contributed by atoms with Gasteiger partial charge in [0.1, 0.15) is 11.9 Å². The quantitative estimate of drug-likeness (QED) is 0.193. The Morgan fingerprint density at radius 1 is 0.978 bits per heavy atom. The molecular formula is C38H48O7Si. The van der Waals surface area contributed by atoms with E-state index in [9.17, 15) is 14.4 Å². The van der Waals surface area contributed by atoms with Gasteiger partial charge in [0.15, 0.2) is 5.60 Å². The zero-order valence-corrected chi connectivity index (χ0v) is 29.3. The molecule has 2 aromatic rings. The minimum Gasteiger partial charge on any atom is -0.468 e. The molecule has 6 rings (SSSR count). The number of esters is 1. The van der Waals surface area contributed by atoms with E-state index < -0.39 is 37.0 Å². The molecule has 1 heterocycles. The van der Waals surface area contributed by atoms with Gasteiger partial charge in [0.25, 0.3) is 8.32 Å². The van der Waals surface area contributed by atoms with Crippen LogP contribution in [0.15, 0.2) is 71.8 Å². The highest BCUT2D eigenvalue weighted by molar-refractivity contribution is 6.99. The minimum atomic E-state index is -3.02. The van der Waals surface area contributed by atoms with Crippen molar-refractivity contribution in [1.29, 1.82) is 0 Å². The fourth-order valence-electron chi connectivity index (χ4n) is 9.27. The second-order valence-electron chi connectivity index (χ2n) is 15.4. The number of carbonyl (C=O) groups excluding carboxylic acids is 3. The second kappa shape index (κ2) is 11.5. The maximum atomic E-state index is 14.7. The average molecular weight is 645 g/mol. The van der Waals surface area contributed by atoms with Crippen LogP contribution in [0.1, 0.15) is 80.1 Å². The molecule has 0 N–H and O–H groups in total. The molecule has 3 fully saturated rings. The highest BCUT2D eigenvalue weighted by Crippen LogP contribution is 2.64. The van der Waals surface area contributed by atoms with Crippen molar-refractivity contribution >= 4 is 36.6 Å². The molecule has 0 amide bonds. The standard InChI is InChI=1S/C38H48O7Si/c1-25(2)28-18-19-37(33(40)42-7)21-20-36(6)29(32(28)37)22-31-38(23-30(36)39,45-34(41)44-31)24-43-46(35(3,4)5,26-14-10-8-11-15-26)27-16-12-9-13-17-27/h8-17,25,29,31H,18-24H2,1-7H3/t29-,31+,36-,37+,38+/m1/s1. The van der Waals surface area contributed by atoms with Crippen LogP contribution in [-0.4, -0.2) is 51.6 Å². The van der Waals surface area contributed by atoms with E-state index in [0.29, 0.717) is 25.7 Å². The Kier molecular flexibility index (Phi) is 8.16. The number of allylic oxidation sites excluding steroid dienone is 1. The first-order valence-electron chi connectivity index (χ1n) is 16.7. The Hall–Kier alpha value is -3.23. The van der Waals surface area contributed by atoms with Crippen LogP contribution < -0.4 is 10.4 Å². The predicted octanol–water partition coefficient (Wildman–Crippen LogP) is 6.52. The van der Waals surface area contributed by atoms with Crippen LogP contribution in [0.5, 0.6) is 0 Å². The molecule has 46 heavy (non-hydrogen) atoms. The van der Waals surface area contributed by atoms with Crippen molar-refractivity contribution in [2.24, 2.45) is 22.7 Å². The first kappa shape index (κ1) is 32.7. The Balaban J connectivity index is 1.46. The van der Waals surface area contributed by atoms with E-state index >= 15 is 0 Å².